The van der Waals surface area contributed by atoms with Gasteiger partial charge in [0.15, 0.2) is 0 Å². The number of pyridine rings is 1. The zero-order chi connectivity index (χ0) is 13.3. The summed E-state index contributed by atoms with van der Waals surface area (Å²) in [4.78, 5) is 3.60. The van der Waals surface area contributed by atoms with Crippen LogP contribution in [0.2, 0.25) is 15.1 Å². The highest BCUT2D eigenvalue weighted by molar-refractivity contribution is 6.46. The van der Waals surface area contributed by atoms with E-state index in [1.807, 2.05) is 0 Å². The third kappa shape index (κ3) is 2.45. The number of hydrogen-bond acceptors (Lipinski definition) is 2. The minimum absolute atomic E-state index is 0.154. The van der Waals surface area contributed by atoms with Gasteiger partial charge in [0.25, 0.3) is 0 Å². The van der Waals surface area contributed by atoms with Crippen LogP contribution in [-0.2, 0) is 6.61 Å². The largest absolute Gasteiger partial charge is 0.390 e. The Morgan fingerprint density at radius 2 is 1.72 bits per heavy atom. The molecule has 0 fully saturated rings. The summed E-state index contributed by atoms with van der Waals surface area (Å²) in [5.41, 5.74) is 1.04. The first-order valence-corrected chi connectivity index (χ1v) is 6.08. The Bertz CT molecular complexity index is 604. The monoisotopic (exact) mass is 305 g/mol. The Kier molecular flexibility index (Phi) is 4.07. The minimum Gasteiger partial charge on any atom is -0.390 e. The Morgan fingerprint density at radius 1 is 1.06 bits per heavy atom. The van der Waals surface area contributed by atoms with Gasteiger partial charge in [0.05, 0.1) is 27.4 Å². The molecule has 1 heterocycles. The first-order chi connectivity index (χ1) is 8.54. The minimum atomic E-state index is -0.683. The van der Waals surface area contributed by atoms with E-state index in [-0.39, 0.29) is 10.7 Å². The molecule has 0 aliphatic carbocycles. The van der Waals surface area contributed by atoms with E-state index in [1.54, 1.807) is 12.1 Å². The molecule has 18 heavy (non-hydrogen) atoms. The van der Waals surface area contributed by atoms with Gasteiger partial charge in [-0.1, -0.05) is 34.8 Å². The lowest BCUT2D eigenvalue weighted by molar-refractivity contribution is 0.275. The summed E-state index contributed by atoms with van der Waals surface area (Å²) in [6.45, 7) is -0.424. The van der Waals surface area contributed by atoms with Crippen LogP contribution < -0.4 is 0 Å². The topological polar surface area (TPSA) is 33.1 Å². The van der Waals surface area contributed by atoms with E-state index in [9.17, 15) is 9.50 Å². The first kappa shape index (κ1) is 13.6. The second kappa shape index (κ2) is 5.41. The van der Waals surface area contributed by atoms with Crippen LogP contribution in [0.25, 0.3) is 11.1 Å². The van der Waals surface area contributed by atoms with Crippen LogP contribution in [0.3, 0.4) is 0 Å². The van der Waals surface area contributed by atoms with E-state index in [2.05, 4.69) is 4.98 Å². The van der Waals surface area contributed by atoms with Crippen LogP contribution in [0.5, 0.6) is 0 Å². The van der Waals surface area contributed by atoms with Gasteiger partial charge in [-0.2, -0.15) is 4.39 Å². The third-order valence-electron chi connectivity index (χ3n) is 2.40. The number of nitrogens with zero attached hydrogens (tertiary/aromatic N) is 1. The van der Waals surface area contributed by atoms with Crippen LogP contribution in [0, 0.1) is 5.95 Å². The van der Waals surface area contributed by atoms with E-state index in [1.165, 1.54) is 12.1 Å². The number of hydrogen-bond donors (Lipinski definition) is 1. The highest BCUT2D eigenvalue weighted by Gasteiger charge is 2.16. The molecule has 1 aromatic heterocycles. The molecule has 1 aromatic carbocycles. The molecule has 0 atom stereocenters. The van der Waals surface area contributed by atoms with Crippen molar-refractivity contribution in [3.05, 3.63) is 51.0 Å². The lowest BCUT2D eigenvalue weighted by Crippen LogP contribution is -1.97. The Morgan fingerprint density at radius 3 is 2.39 bits per heavy atom. The summed E-state index contributed by atoms with van der Waals surface area (Å²) in [7, 11) is 0. The molecule has 0 bridgehead atoms. The van der Waals surface area contributed by atoms with Gasteiger partial charge >= 0.3 is 0 Å². The lowest BCUT2D eigenvalue weighted by Gasteiger charge is -2.11. The van der Waals surface area contributed by atoms with Crippen LogP contribution in [0.15, 0.2) is 24.3 Å². The van der Waals surface area contributed by atoms with E-state index in [0.717, 1.165) is 0 Å². The number of aliphatic hydroxyl groups excluding tert-OH is 1. The van der Waals surface area contributed by atoms with Crippen molar-refractivity contribution in [2.24, 2.45) is 0 Å². The predicted octanol–water partition coefficient (Wildman–Crippen LogP) is 4.34. The molecule has 0 saturated carbocycles. The quantitative estimate of drug-likeness (QED) is 0.661. The van der Waals surface area contributed by atoms with Crippen molar-refractivity contribution in [1.82, 2.24) is 4.98 Å². The van der Waals surface area contributed by atoms with Gasteiger partial charge < -0.3 is 5.11 Å². The Labute approximate surface area is 118 Å². The average Bonchev–Trinajstić information content (AvgIpc) is 2.36. The van der Waals surface area contributed by atoms with Crippen molar-refractivity contribution in [2.75, 3.05) is 0 Å². The summed E-state index contributed by atoms with van der Waals surface area (Å²) in [6, 6.07) is 5.76. The van der Waals surface area contributed by atoms with Gasteiger partial charge in [-0.15, -0.1) is 0 Å². The van der Waals surface area contributed by atoms with E-state index in [4.69, 9.17) is 34.8 Å². The molecule has 0 radical (unpaired) electrons. The lowest BCUT2D eigenvalue weighted by atomic mass is 10.0. The SMILES string of the molecule is OCc1nc(F)ccc1-c1c(Cl)ccc(Cl)c1Cl. The molecule has 2 nitrogen and oxygen atoms in total. The number of benzene rings is 1. The fourth-order valence-electron chi connectivity index (χ4n) is 1.60. The molecule has 94 valence electrons. The maximum absolute atomic E-state index is 13.0. The molecular weight excluding hydrogens is 299 g/mol. The normalized spacial score (nSPS) is 10.7. The van der Waals surface area contributed by atoms with Crippen molar-refractivity contribution in [3.63, 3.8) is 0 Å². The van der Waals surface area contributed by atoms with Crippen molar-refractivity contribution in [2.45, 2.75) is 6.61 Å². The maximum atomic E-state index is 13.0. The highest BCUT2D eigenvalue weighted by atomic mass is 35.5. The molecule has 0 unspecified atom stereocenters. The molecule has 6 heteroatoms. The third-order valence-corrected chi connectivity index (χ3v) is 3.52. The Balaban J connectivity index is 2.73. The van der Waals surface area contributed by atoms with E-state index in [0.29, 0.717) is 21.2 Å². The second-order valence-corrected chi connectivity index (χ2v) is 4.70. The van der Waals surface area contributed by atoms with E-state index < -0.39 is 12.6 Å². The summed E-state index contributed by atoms with van der Waals surface area (Å²) >= 11 is 18.1. The molecule has 0 saturated heterocycles. The van der Waals surface area contributed by atoms with Crippen molar-refractivity contribution < 1.29 is 9.50 Å². The highest BCUT2D eigenvalue weighted by Crippen LogP contribution is 2.40. The summed E-state index contributed by atoms with van der Waals surface area (Å²) < 4.78 is 13.0. The molecule has 0 spiro atoms. The summed E-state index contributed by atoms with van der Waals surface area (Å²) in [5.74, 6) is -0.683. The fourth-order valence-corrected chi connectivity index (χ4v) is 2.33. The maximum Gasteiger partial charge on any atom is 0.213 e. The van der Waals surface area contributed by atoms with Crippen molar-refractivity contribution in [3.8, 4) is 11.1 Å². The van der Waals surface area contributed by atoms with Gasteiger partial charge in [0.1, 0.15) is 0 Å². The standard InChI is InChI=1S/C12H7Cl3FNO/c13-7-2-3-8(14)12(15)11(7)6-1-4-10(16)17-9(6)5-18/h1-4,18H,5H2. The molecule has 1 N–H and O–H groups in total. The van der Waals surface area contributed by atoms with Crippen molar-refractivity contribution >= 4 is 34.8 Å². The van der Waals surface area contributed by atoms with Crippen LogP contribution >= 0.6 is 34.8 Å². The Hall–Kier alpha value is -0.870. The van der Waals surface area contributed by atoms with Gasteiger partial charge in [0, 0.05) is 11.1 Å². The number of aliphatic hydroxyl groups is 1. The van der Waals surface area contributed by atoms with E-state index >= 15 is 0 Å². The summed E-state index contributed by atoms with van der Waals surface area (Å²) in [5, 5.41) is 10.1. The zero-order valence-electron chi connectivity index (χ0n) is 8.92. The predicted molar refractivity (Wildman–Crippen MR) is 70.6 cm³/mol. The summed E-state index contributed by atoms with van der Waals surface area (Å²) in [6.07, 6.45) is 0. The van der Waals surface area contributed by atoms with Crippen LogP contribution in [-0.4, -0.2) is 10.1 Å². The zero-order valence-corrected chi connectivity index (χ0v) is 11.2. The molecule has 0 aliphatic heterocycles. The molecule has 2 rings (SSSR count). The van der Waals surface area contributed by atoms with Gasteiger partial charge in [-0.05, 0) is 24.3 Å². The molecule has 0 amide bonds. The number of halogens is 4. The van der Waals surface area contributed by atoms with Crippen LogP contribution in [0.4, 0.5) is 4.39 Å². The van der Waals surface area contributed by atoms with Gasteiger partial charge in [-0.3, -0.25) is 0 Å². The average molecular weight is 307 g/mol. The number of rotatable bonds is 2. The number of aromatic nitrogens is 1. The smallest absolute Gasteiger partial charge is 0.213 e. The van der Waals surface area contributed by atoms with Gasteiger partial charge in [-0.25, -0.2) is 4.98 Å². The van der Waals surface area contributed by atoms with Gasteiger partial charge in [0.2, 0.25) is 5.95 Å². The molecule has 2 aromatic rings. The molecule has 0 aliphatic rings. The first-order valence-electron chi connectivity index (χ1n) is 4.94. The van der Waals surface area contributed by atoms with Crippen LogP contribution in [0.1, 0.15) is 5.69 Å². The van der Waals surface area contributed by atoms with Crippen molar-refractivity contribution in [1.29, 1.82) is 0 Å². The molecular formula is C12H7Cl3FNO. The second-order valence-electron chi connectivity index (χ2n) is 3.50. The fraction of sp³-hybridized carbons (Fsp3) is 0.0833.